The van der Waals surface area contributed by atoms with Gasteiger partial charge in [0, 0.05) is 15.7 Å². The molecule has 35 heavy (non-hydrogen) atoms. The van der Waals surface area contributed by atoms with E-state index >= 15 is 0 Å². The van der Waals surface area contributed by atoms with Gasteiger partial charge in [-0.1, -0.05) is 58.5 Å². The summed E-state index contributed by atoms with van der Waals surface area (Å²) in [6, 6.07) is 14.8. The Morgan fingerprint density at radius 1 is 0.971 bits per heavy atom. The Kier molecular flexibility index (Phi) is 7.72. The number of carbonyl (C=O) groups excluding carboxylic acids is 2. The third-order valence-corrected chi connectivity index (χ3v) is 6.15. The molecule has 4 rings (SSSR count). The predicted octanol–water partition coefficient (Wildman–Crippen LogP) is 7.49. The molecule has 0 unspecified atom stereocenters. The Bertz CT molecular complexity index is 1420. The smallest absolute Gasteiger partial charge is 0.411 e. The average Bonchev–Trinajstić information content (AvgIpc) is 3.12. The fraction of sp³-hybridized carbons (Fsp3) is 0.125. The summed E-state index contributed by atoms with van der Waals surface area (Å²) in [6.45, 7) is 2.18. The van der Waals surface area contributed by atoms with Crippen LogP contribution in [0.4, 0.5) is 10.5 Å². The van der Waals surface area contributed by atoms with Crippen LogP contribution in [0.25, 0.3) is 10.9 Å². The first-order valence-corrected chi connectivity index (χ1v) is 11.8. The van der Waals surface area contributed by atoms with Crippen molar-refractivity contribution in [3.05, 3.63) is 85.8 Å². The van der Waals surface area contributed by atoms with Crippen molar-refractivity contribution in [2.45, 2.75) is 13.5 Å². The summed E-state index contributed by atoms with van der Waals surface area (Å²) in [6.07, 6.45) is -0.617. The summed E-state index contributed by atoms with van der Waals surface area (Å²) < 4.78 is 12.2. The highest BCUT2D eigenvalue weighted by molar-refractivity contribution is 6.39. The van der Waals surface area contributed by atoms with Crippen molar-refractivity contribution in [2.75, 3.05) is 11.9 Å². The van der Waals surface area contributed by atoms with E-state index in [0.717, 1.165) is 5.56 Å². The van der Waals surface area contributed by atoms with E-state index < -0.39 is 12.1 Å². The van der Waals surface area contributed by atoms with Gasteiger partial charge in [0.15, 0.2) is 0 Å². The molecule has 0 atom stereocenters. The molecule has 11 heteroatoms. The van der Waals surface area contributed by atoms with Crippen molar-refractivity contribution in [3.63, 3.8) is 0 Å². The van der Waals surface area contributed by atoms with Gasteiger partial charge in [0.05, 0.1) is 39.7 Å². The zero-order valence-electron chi connectivity index (χ0n) is 18.1. The number of benzene rings is 3. The maximum Gasteiger partial charge on any atom is 0.411 e. The maximum absolute atomic E-state index is 12.9. The van der Waals surface area contributed by atoms with E-state index in [4.69, 9.17) is 55.9 Å². The van der Waals surface area contributed by atoms with Gasteiger partial charge in [-0.2, -0.15) is 0 Å². The van der Waals surface area contributed by atoms with E-state index in [1.165, 1.54) is 12.1 Å². The maximum atomic E-state index is 12.9. The summed E-state index contributed by atoms with van der Waals surface area (Å²) >= 11 is 24.7. The highest BCUT2D eigenvalue weighted by atomic mass is 35.5. The molecule has 180 valence electrons. The molecule has 0 fully saturated rings. The number of esters is 1. The first-order chi connectivity index (χ1) is 16.8. The van der Waals surface area contributed by atoms with Gasteiger partial charge in [0.2, 0.25) is 5.88 Å². The standard InChI is InChI=1S/C24H17Cl4N3O4/c1-2-34-24(33)29-15-8-9-20-16(11-15)22(35-23(32)21-17(26)4-3-5-18(21)27)30-31(20)12-13-6-7-14(25)10-19(13)28/h3-11H,2,12H2,1H3,(H,29,33). The van der Waals surface area contributed by atoms with Crippen molar-refractivity contribution in [3.8, 4) is 5.88 Å². The first kappa shape index (κ1) is 25.1. The van der Waals surface area contributed by atoms with Crippen LogP contribution in [0, 0.1) is 0 Å². The summed E-state index contributed by atoms with van der Waals surface area (Å²) in [7, 11) is 0. The summed E-state index contributed by atoms with van der Waals surface area (Å²) in [5, 5.41) is 8.81. The minimum atomic E-state index is -0.777. The van der Waals surface area contributed by atoms with E-state index in [-0.39, 0.29) is 34.6 Å². The molecule has 1 heterocycles. The van der Waals surface area contributed by atoms with Crippen LogP contribution in [-0.2, 0) is 11.3 Å². The highest BCUT2D eigenvalue weighted by Gasteiger charge is 2.22. The molecule has 0 bridgehead atoms. The fourth-order valence-corrected chi connectivity index (χ4v) is 4.37. The Morgan fingerprint density at radius 3 is 2.40 bits per heavy atom. The Labute approximate surface area is 220 Å². The molecule has 0 saturated carbocycles. The molecule has 0 aliphatic rings. The monoisotopic (exact) mass is 551 g/mol. The molecule has 1 N–H and O–H groups in total. The van der Waals surface area contributed by atoms with E-state index in [1.54, 1.807) is 54.1 Å². The molecule has 1 amide bonds. The minimum Gasteiger partial charge on any atom is -0.450 e. The van der Waals surface area contributed by atoms with Crippen LogP contribution >= 0.6 is 46.4 Å². The van der Waals surface area contributed by atoms with Crippen LogP contribution in [0.15, 0.2) is 54.6 Å². The third-order valence-electron chi connectivity index (χ3n) is 4.93. The number of anilines is 1. The molecule has 7 nitrogen and oxygen atoms in total. The lowest BCUT2D eigenvalue weighted by Gasteiger charge is -2.07. The minimum absolute atomic E-state index is 0.00131. The number of hydrogen-bond acceptors (Lipinski definition) is 5. The van der Waals surface area contributed by atoms with Gasteiger partial charge in [-0.25, -0.2) is 9.59 Å². The lowest BCUT2D eigenvalue weighted by Crippen LogP contribution is -2.13. The molecule has 0 radical (unpaired) electrons. The van der Waals surface area contributed by atoms with Gasteiger partial charge in [0.25, 0.3) is 0 Å². The zero-order valence-corrected chi connectivity index (χ0v) is 21.2. The van der Waals surface area contributed by atoms with Crippen LogP contribution in [-0.4, -0.2) is 28.4 Å². The number of amides is 1. The zero-order chi connectivity index (χ0) is 25.1. The quantitative estimate of drug-likeness (QED) is 0.251. The third kappa shape index (κ3) is 5.65. The van der Waals surface area contributed by atoms with E-state index in [9.17, 15) is 9.59 Å². The SMILES string of the molecule is CCOC(=O)Nc1ccc2c(c1)c(OC(=O)c1c(Cl)cccc1Cl)nn2Cc1ccc(Cl)cc1Cl. The summed E-state index contributed by atoms with van der Waals surface area (Å²) in [5.41, 5.74) is 1.81. The fourth-order valence-electron chi connectivity index (χ4n) is 3.35. The van der Waals surface area contributed by atoms with Crippen LogP contribution in [0.2, 0.25) is 20.1 Å². The number of fused-ring (bicyclic) bond motifs is 1. The van der Waals surface area contributed by atoms with Crippen molar-refractivity contribution in [2.24, 2.45) is 0 Å². The van der Waals surface area contributed by atoms with Gasteiger partial charge in [-0.05, 0) is 55.0 Å². The van der Waals surface area contributed by atoms with E-state index in [0.29, 0.717) is 26.6 Å². The van der Waals surface area contributed by atoms with Crippen molar-refractivity contribution in [1.29, 1.82) is 0 Å². The van der Waals surface area contributed by atoms with Gasteiger partial charge < -0.3 is 9.47 Å². The van der Waals surface area contributed by atoms with Gasteiger partial charge in [0.1, 0.15) is 0 Å². The van der Waals surface area contributed by atoms with Crippen LogP contribution in [0.5, 0.6) is 5.88 Å². The van der Waals surface area contributed by atoms with Crippen molar-refractivity contribution in [1.82, 2.24) is 9.78 Å². The molecule has 0 aliphatic heterocycles. The van der Waals surface area contributed by atoms with Crippen LogP contribution in [0.1, 0.15) is 22.8 Å². The lowest BCUT2D eigenvalue weighted by atomic mass is 10.2. The molecule has 1 aromatic heterocycles. The number of halogens is 4. The number of carbonyl (C=O) groups is 2. The molecular formula is C24H17Cl4N3O4. The number of nitrogens with zero attached hydrogens (tertiary/aromatic N) is 2. The Balaban J connectivity index is 1.76. The van der Waals surface area contributed by atoms with Gasteiger partial charge in [-0.3, -0.25) is 10.00 Å². The first-order valence-electron chi connectivity index (χ1n) is 10.3. The molecular weight excluding hydrogens is 536 g/mol. The second kappa shape index (κ2) is 10.7. The van der Waals surface area contributed by atoms with E-state index in [1.807, 2.05) is 0 Å². The number of rotatable bonds is 6. The van der Waals surface area contributed by atoms with Crippen molar-refractivity contribution < 1.29 is 19.1 Å². The van der Waals surface area contributed by atoms with Crippen LogP contribution in [0.3, 0.4) is 0 Å². The second-order valence-corrected chi connectivity index (χ2v) is 8.92. The van der Waals surface area contributed by atoms with E-state index in [2.05, 4.69) is 10.4 Å². The molecule has 3 aromatic carbocycles. The normalized spacial score (nSPS) is 10.9. The Hall–Kier alpha value is -2.97. The topological polar surface area (TPSA) is 82.4 Å². The average molecular weight is 553 g/mol. The number of aromatic nitrogens is 2. The number of ether oxygens (including phenoxy) is 2. The lowest BCUT2D eigenvalue weighted by molar-refractivity contribution is 0.0729. The molecule has 0 spiro atoms. The van der Waals surface area contributed by atoms with Gasteiger partial charge >= 0.3 is 12.1 Å². The van der Waals surface area contributed by atoms with Gasteiger partial charge in [-0.15, -0.1) is 5.10 Å². The van der Waals surface area contributed by atoms with Crippen LogP contribution < -0.4 is 10.1 Å². The number of nitrogens with one attached hydrogen (secondary N) is 1. The second-order valence-electron chi connectivity index (χ2n) is 7.26. The largest absolute Gasteiger partial charge is 0.450 e. The molecule has 0 aliphatic carbocycles. The molecule has 0 saturated heterocycles. The summed E-state index contributed by atoms with van der Waals surface area (Å²) in [4.78, 5) is 24.8. The molecule has 4 aromatic rings. The summed E-state index contributed by atoms with van der Waals surface area (Å²) in [5.74, 6) is -0.779. The predicted molar refractivity (Wildman–Crippen MR) is 137 cm³/mol. The highest BCUT2D eigenvalue weighted by Crippen LogP contribution is 2.32. The van der Waals surface area contributed by atoms with Crippen molar-refractivity contribution >= 4 is 75.1 Å². The Morgan fingerprint density at radius 2 is 1.71 bits per heavy atom. The number of hydrogen-bond donors (Lipinski definition) is 1.